The van der Waals surface area contributed by atoms with Crippen molar-refractivity contribution in [3.8, 4) is 5.75 Å². The molecule has 0 saturated heterocycles. The summed E-state index contributed by atoms with van der Waals surface area (Å²) in [6.45, 7) is 5.31. The van der Waals surface area contributed by atoms with Gasteiger partial charge in [-0.15, -0.1) is 0 Å². The van der Waals surface area contributed by atoms with Gasteiger partial charge in [-0.25, -0.2) is 5.43 Å². The summed E-state index contributed by atoms with van der Waals surface area (Å²) in [6.07, 6.45) is 0.143. The average Bonchev–Trinajstić information content (AvgIpc) is 2.57. The molecule has 0 heterocycles. The predicted molar refractivity (Wildman–Crippen MR) is 98.6 cm³/mol. The number of benzene rings is 2. The molecule has 0 aromatic heterocycles. The minimum absolute atomic E-state index is 0.0743. The van der Waals surface area contributed by atoms with Crippen LogP contribution in [0.1, 0.15) is 27.2 Å². The Morgan fingerprint density at radius 3 is 2.52 bits per heavy atom. The summed E-state index contributed by atoms with van der Waals surface area (Å²) < 4.78 is 5.48. The highest BCUT2D eigenvalue weighted by Gasteiger charge is 2.07. The third-order valence-corrected chi connectivity index (χ3v) is 3.33. The van der Waals surface area contributed by atoms with Gasteiger partial charge < -0.3 is 10.1 Å². The van der Waals surface area contributed by atoms with Gasteiger partial charge in [-0.3, -0.25) is 9.59 Å². The van der Waals surface area contributed by atoms with E-state index in [0.29, 0.717) is 11.5 Å². The Bertz CT molecular complexity index is 784. The highest BCUT2D eigenvalue weighted by Crippen LogP contribution is 2.20. The highest BCUT2D eigenvalue weighted by molar-refractivity contribution is 6.00. The maximum atomic E-state index is 11.8. The van der Waals surface area contributed by atoms with Crippen molar-refractivity contribution >= 4 is 28.3 Å². The van der Waals surface area contributed by atoms with E-state index in [2.05, 4.69) is 15.8 Å². The lowest BCUT2D eigenvalue weighted by Crippen LogP contribution is -2.32. The van der Waals surface area contributed by atoms with E-state index in [9.17, 15) is 9.59 Å². The first-order valence-electron chi connectivity index (χ1n) is 8.17. The first-order chi connectivity index (χ1) is 11.9. The molecule has 0 spiro atoms. The summed E-state index contributed by atoms with van der Waals surface area (Å²) in [7, 11) is 0. The summed E-state index contributed by atoms with van der Waals surface area (Å²) in [6, 6.07) is 13.6. The number of fused-ring (bicyclic) bond motifs is 1. The van der Waals surface area contributed by atoms with Crippen molar-refractivity contribution in [1.82, 2.24) is 10.7 Å². The molecule has 0 fully saturated rings. The van der Waals surface area contributed by atoms with Crippen LogP contribution in [0.2, 0.25) is 0 Å². The van der Waals surface area contributed by atoms with Crippen LogP contribution in [0.15, 0.2) is 47.6 Å². The van der Waals surface area contributed by atoms with Gasteiger partial charge in [-0.1, -0.05) is 30.3 Å². The van der Waals surface area contributed by atoms with Crippen LogP contribution in [0.3, 0.4) is 0 Å². The molecular weight excluding hydrogens is 318 g/mol. The van der Waals surface area contributed by atoms with Gasteiger partial charge in [0.2, 0.25) is 5.91 Å². The van der Waals surface area contributed by atoms with E-state index < -0.39 is 0 Å². The van der Waals surface area contributed by atoms with Gasteiger partial charge in [0.1, 0.15) is 5.75 Å². The first kappa shape index (κ1) is 18.4. The quantitative estimate of drug-likeness (QED) is 0.600. The second-order valence-corrected chi connectivity index (χ2v) is 6.08. The second kappa shape index (κ2) is 8.82. The van der Waals surface area contributed by atoms with Crippen molar-refractivity contribution in [3.05, 3.63) is 42.5 Å². The average molecular weight is 341 g/mol. The fraction of sp³-hybridized carbons (Fsp3) is 0.316. The third kappa shape index (κ3) is 6.25. The topological polar surface area (TPSA) is 79.8 Å². The molecule has 0 aliphatic carbocycles. The van der Waals surface area contributed by atoms with Gasteiger partial charge >= 0.3 is 0 Å². The smallest absolute Gasteiger partial charge is 0.277 e. The molecule has 2 aromatic rings. The van der Waals surface area contributed by atoms with Crippen molar-refractivity contribution in [2.45, 2.75) is 33.2 Å². The van der Waals surface area contributed by atoms with Gasteiger partial charge in [-0.05, 0) is 43.7 Å². The Balaban J connectivity index is 1.81. The molecule has 132 valence electrons. The SMILES string of the molecule is C/C(CC(=O)NC(C)C)=N/NC(=O)COc1ccc2ccccc2c1. The lowest BCUT2D eigenvalue weighted by molar-refractivity contribution is -0.123. The van der Waals surface area contributed by atoms with Gasteiger partial charge in [0.15, 0.2) is 6.61 Å². The van der Waals surface area contributed by atoms with Gasteiger partial charge in [0.25, 0.3) is 5.91 Å². The van der Waals surface area contributed by atoms with E-state index in [0.717, 1.165) is 10.8 Å². The number of carbonyl (C=O) groups excluding carboxylic acids is 2. The standard InChI is InChI=1S/C19H23N3O3/c1-13(2)20-18(23)10-14(3)21-22-19(24)12-25-17-9-8-15-6-4-5-7-16(15)11-17/h4-9,11,13H,10,12H2,1-3H3,(H,20,23)(H,22,24)/b21-14-. The molecule has 0 atom stereocenters. The zero-order valence-corrected chi connectivity index (χ0v) is 14.7. The van der Waals surface area contributed by atoms with Crippen molar-refractivity contribution in [1.29, 1.82) is 0 Å². The molecule has 2 amide bonds. The number of hydrogen-bond donors (Lipinski definition) is 2. The van der Waals surface area contributed by atoms with E-state index in [1.165, 1.54) is 0 Å². The molecule has 6 heteroatoms. The van der Waals surface area contributed by atoms with E-state index in [-0.39, 0.29) is 30.9 Å². The molecule has 2 N–H and O–H groups in total. The summed E-state index contributed by atoms with van der Waals surface area (Å²) in [5.74, 6) is 0.112. The van der Waals surface area contributed by atoms with Crippen LogP contribution in [-0.4, -0.2) is 30.2 Å². The van der Waals surface area contributed by atoms with Crippen LogP contribution in [0.4, 0.5) is 0 Å². The fourth-order valence-electron chi connectivity index (χ4n) is 2.24. The zero-order chi connectivity index (χ0) is 18.2. The molecule has 2 aromatic carbocycles. The van der Waals surface area contributed by atoms with Gasteiger partial charge in [-0.2, -0.15) is 5.10 Å². The minimum Gasteiger partial charge on any atom is -0.484 e. The van der Waals surface area contributed by atoms with Crippen molar-refractivity contribution in [3.63, 3.8) is 0 Å². The molecule has 25 heavy (non-hydrogen) atoms. The normalized spacial score (nSPS) is 11.4. The Kier molecular flexibility index (Phi) is 6.51. The number of ether oxygens (including phenoxy) is 1. The summed E-state index contributed by atoms with van der Waals surface area (Å²) in [5, 5.41) is 8.83. The Morgan fingerprint density at radius 1 is 1.08 bits per heavy atom. The molecule has 6 nitrogen and oxygen atoms in total. The summed E-state index contributed by atoms with van der Waals surface area (Å²) in [4.78, 5) is 23.4. The minimum atomic E-state index is -0.378. The number of hydrogen-bond acceptors (Lipinski definition) is 4. The Morgan fingerprint density at radius 2 is 1.80 bits per heavy atom. The molecule has 0 aliphatic heterocycles. The van der Waals surface area contributed by atoms with E-state index in [1.807, 2.05) is 56.3 Å². The second-order valence-electron chi connectivity index (χ2n) is 6.08. The van der Waals surface area contributed by atoms with Crippen LogP contribution in [0.5, 0.6) is 5.75 Å². The third-order valence-electron chi connectivity index (χ3n) is 3.33. The van der Waals surface area contributed by atoms with Gasteiger partial charge in [0, 0.05) is 11.8 Å². The number of hydrazone groups is 1. The van der Waals surface area contributed by atoms with Crippen LogP contribution in [0, 0.1) is 0 Å². The maximum absolute atomic E-state index is 11.8. The predicted octanol–water partition coefficient (Wildman–Crippen LogP) is 2.63. The van der Waals surface area contributed by atoms with Crippen LogP contribution in [0.25, 0.3) is 10.8 Å². The van der Waals surface area contributed by atoms with E-state index in [1.54, 1.807) is 6.92 Å². The molecule has 2 rings (SSSR count). The number of rotatable bonds is 7. The van der Waals surface area contributed by atoms with Crippen LogP contribution < -0.4 is 15.5 Å². The molecule has 0 aliphatic rings. The lowest BCUT2D eigenvalue weighted by atomic mass is 10.1. The Hall–Kier alpha value is -2.89. The van der Waals surface area contributed by atoms with E-state index in [4.69, 9.17) is 4.74 Å². The first-order valence-corrected chi connectivity index (χ1v) is 8.17. The van der Waals surface area contributed by atoms with Crippen molar-refractivity contribution in [2.24, 2.45) is 5.10 Å². The highest BCUT2D eigenvalue weighted by atomic mass is 16.5. The number of amides is 2. The number of nitrogens with zero attached hydrogens (tertiary/aromatic N) is 1. The molecule has 0 saturated carbocycles. The largest absolute Gasteiger partial charge is 0.484 e. The molecular formula is C19H23N3O3. The zero-order valence-electron chi connectivity index (χ0n) is 14.7. The summed E-state index contributed by atoms with van der Waals surface area (Å²) in [5.41, 5.74) is 2.92. The maximum Gasteiger partial charge on any atom is 0.277 e. The monoisotopic (exact) mass is 341 g/mol. The molecule has 0 radical (unpaired) electrons. The van der Waals surface area contributed by atoms with Gasteiger partial charge in [0.05, 0.1) is 6.42 Å². The molecule has 0 unspecified atom stereocenters. The number of carbonyl (C=O) groups is 2. The fourth-order valence-corrected chi connectivity index (χ4v) is 2.24. The number of nitrogens with one attached hydrogen (secondary N) is 2. The summed E-state index contributed by atoms with van der Waals surface area (Å²) >= 11 is 0. The Labute approximate surface area is 147 Å². The lowest BCUT2D eigenvalue weighted by Gasteiger charge is -2.08. The van der Waals surface area contributed by atoms with E-state index >= 15 is 0 Å². The molecule has 0 bridgehead atoms. The van der Waals surface area contributed by atoms with Crippen LogP contribution in [-0.2, 0) is 9.59 Å². The van der Waals surface area contributed by atoms with Crippen molar-refractivity contribution in [2.75, 3.05) is 6.61 Å². The van der Waals surface area contributed by atoms with Crippen LogP contribution >= 0.6 is 0 Å². The van der Waals surface area contributed by atoms with Crippen molar-refractivity contribution < 1.29 is 14.3 Å².